The number of carbonyl (C=O) groups is 2. The van der Waals surface area contributed by atoms with Gasteiger partial charge in [-0.3, -0.25) is 4.79 Å². The van der Waals surface area contributed by atoms with Crippen molar-refractivity contribution < 1.29 is 14.3 Å². The first-order valence-corrected chi connectivity index (χ1v) is 6.88. The number of fused-ring (bicyclic) bond motifs is 1. The Kier molecular flexibility index (Phi) is 4.07. The normalized spacial score (nSPS) is 10.5. The Balaban J connectivity index is 2.44. The Hall–Kier alpha value is -1.59. The van der Waals surface area contributed by atoms with Gasteiger partial charge in [0.1, 0.15) is 4.88 Å². The minimum absolute atomic E-state index is 0.169. The van der Waals surface area contributed by atoms with Gasteiger partial charge in [-0.15, -0.1) is 11.3 Å². The van der Waals surface area contributed by atoms with E-state index >= 15 is 0 Å². The summed E-state index contributed by atoms with van der Waals surface area (Å²) in [5, 5.41) is 3.94. The van der Waals surface area contributed by atoms with Gasteiger partial charge in [-0.25, -0.2) is 4.79 Å². The molecular formula is C13H12ClNO3S. The highest BCUT2D eigenvalue weighted by Crippen LogP contribution is 2.34. The molecule has 0 saturated heterocycles. The van der Waals surface area contributed by atoms with Crippen LogP contribution < -0.4 is 5.32 Å². The maximum absolute atomic E-state index is 11.7. The zero-order valence-electron chi connectivity index (χ0n) is 10.5. The van der Waals surface area contributed by atoms with E-state index in [2.05, 4.69) is 5.32 Å². The molecule has 0 aliphatic carbocycles. The average molecular weight is 298 g/mol. The van der Waals surface area contributed by atoms with E-state index < -0.39 is 0 Å². The van der Waals surface area contributed by atoms with Gasteiger partial charge >= 0.3 is 5.97 Å². The molecule has 0 spiro atoms. The van der Waals surface area contributed by atoms with E-state index in [-0.39, 0.29) is 11.9 Å². The summed E-state index contributed by atoms with van der Waals surface area (Å²) in [5.41, 5.74) is 0.613. The van der Waals surface area contributed by atoms with Gasteiger partial charge in [0, 0.05) is 22.7 Å². The third kappa shape index (κ3) is 3.05. The highest BCUT2D eigenvalue weighted by Gasteiger charge is 2.14. The summed E-state index contributed by atoms with van der Waals surface area (Å²) in [6.07, 6.45) is 0. The molecule has 1 aromatic heterocycles. The lowest BCUT2D eigenvalue weighted by Crippen LogP contribution is -2.05. The number of halogens is 1. The summed E-state index contributed by atoms with van der Waals surface area (Å²) in [4.78, 5) is 23.2. The summed E-state index contributed by atoms with van der Waals surface area (Å²) < 4.78 is 5.78. The van der Waals surface area contributed by atoms with E-state index in [9.17, 15) is 9.59 Å². The number of amides is 1. The fourth-order valence-corrected chi connectivity index (χ4v) is 3.03. The Morgan fingerprint density at radius 2 is 2.11 bits per heavy atom. The van der Waals surface area contributed by atoms with Gasteiger partial charge in [0.15, 0.2) is 0 Å². The smallest absolute Gasteiger partial charge is 0.348 e. The number of rotatable bonds is 3. The molecule has 0 bridgehead atoms. The van der Waals surface area contributed by atoms with Crippen LogP contribution in [-0.4, -0.2) is 18.5 Å². The highest BCUT2D eigenvalue weighted by molar-refractivity contribution is 7.20. The van der Waals surface area contributed by atoms with Gasteiger partial charge in [-0.1, -0.05) is 11.6 Å². The van der Waals surface area contributed by atoms with Crippen LogP contribution in [0, 0.1) is 0 Å². The monoisotopic (exact) mass is 297 g/mol. The maximum atomic E-state index is 11.7. The van der Waals surface area contributed by atoms with Crippen molar-refractivity contribution in [3.8, 4) is 0 Å². The van der Waals surface area contributed by atoms with Crippen LogP contribution in [0.2, 0.25) is 5.02 Å². The highest BCUT2D eigenvalue weighted by atomic mass is 35.5. The second-order valence-corrected chi connectivity index (χ2v) is 5.37. The second-order valence-electron chi connectivity index (χ2n) is 3.88. The number of esters is 1. The van der Waals surface area contributed by atoms with Crippen LogP contribution in [0.5, 0.6) is 0 Å². The molecule has 1 amide bonds. The zero-order chi connectivity index (χ0) is 14.0. The van der Waals surface area contributed by atoms with Crippen LogP contribution in [0.25, 0.3) is 10.1 Å². The van der Waals surface area contributed by atoms with Crippen molar-refractivity contribution in [2.45, 2.75) is 13.8 Å². The van der Waals surface area contributed by atoms with Gasteiger partial charge < -0.3 is 10.1 Å². The minimum Gasteiger partial charge on any atom is -0.462 e. The third-order valence-corrected chi connectivity index (χ3v) is 3.76. The van der Waals surface area contributed by atoms with E-state index in [1.807, 2.05) is 0 Å². The lowest BCUT2D eigenvalue weighted by atomic mass is 10.2. The number of ether oxygens (including phenoxy) is 1. The Bertz CT molecular complexity index is 651. The first-order chi connectivity index (χ1) is 9.01. The molecule has 1 heterocycles. The molecule has 4 nitrogen and oxygen atoms in total. The van der Waals surface area contributed by atoms with Crippen LogP contribution in [0.1, 0.15) is 23.5 Å². The van der Waals surface area contributed by atoms with Gasteiger partial charge in [0.05, 0.1) is 11.6 Å². The van der Waals surface area contributed by atoms with Crippen molar-refractivity contribution in [1.29, 1.82) is 0 Å². The molecule has 1 N–H and O–H groups in total. The van der Waals surface area contributed by atoms with E-state index in [0.29, 0.717) is 22.2 Å². The lowest BCUT2D eigenvalue weighted by molar-refractivity contribution is -0.114. The van der Waals surface area contributed by atoms with Crippen LogP contribution in [0.15, 0.2) is 18.2 Å². The number of anilines is 1. The first-order valence-electron chi connectivity index (χ1n) is 5.69. The minimum atomic E-state index is -0.360. The molecule has 2 rings (SSSR count). The van der Waals surface area contributed by atoms with Gasteiger partial charge in [0.2, 0.25) is 5.91 Å². The van der Waals surface area contributed by atoms with E-state index in [1.165, 1.54) is 18.3 Å². The second kappa shape index (κ2) is 5.59. The molecule has 19 heavy (non-hydrogen) atoms. The zero-order valence-corrected chi connectivity index (χ0v) is 12.0. The number of carbonyl (C=O) groups excluding carboxylic acids is 2. The molecule has 6 heteroatoms. The summed E-state index contributed by atoms with van der Waals surface area (Å²) in [6.45, 7) is 3.52. The summed E-state index contributed by atoms with van der Waals surface area (Å²) in [7, 11) is 0. The number of thiophene rings is 1. The average Bonchev–Trinajstić information content (AvgIpc) is 2.72. The van der Waals surface area contributed by atoms with Crippen molar-refractivity contribution in [1.82, 2.24) is 0 Å². The summed E-state index contributed by atoms with van der Waals surface area (Å²) in [6, 6.07) is 5.15. The Labute approximate surface area is 119 Å². The molecule has 1 aromatic carbocycles. The molecule has 0 aliphatic rings. The van der Waals surface area contributed by atoms with Crippen LogP contribution >= 0.6 is 22.9 Å². The van der Waals surface area contributed by atoms with Crippen molar-refractivity contribution in [2.24, 2.45) is 0 Å². The molecule has 0 fully saturated rings. The first kappa shape index (κ1) is 13.8. The van der Waals surface area contributed by atoms with Crippen LogP contribution in [-0.2, 0) is 9.53 Å². The number of hydrogen-bond donors (Lipinski definition) is 1. The summed E-state index contributed by atoms with van der Waals surface area (Å²) >= 11 is 7.43. The van der Waals surface area contributed by atoms with Crippen molar-refractivity contribution in [2.75, 3.05) is 11.9 Å². The number of nitrogens with one attached hydrogen (secondary N) is 1. The van der Waals surface area contributed by atoms with Gasteiger partial charge in [0.25, 0.3) is 0 Å². The van der Waals surface area contributed by atoms with Crippen molar-refractivity contribution in [3.63, 3.8) is 0 Å². The predicted octanol–water partition coefficient (Wildman–Crippen LogP) is 3.69. The van der Waals surface area contributed by atoms with Crippen LogP contribution in [0.3, 0.4) is 0 Å². The molecule has 0 radical (unpaired) electrons. The van der Waals surface area contributed by atoms with Crippen LogP contribution in [0.4, 0.5) is 5.69 Å². The van der Waals surface area contributed by atoms with E-state index in [1.54, 1.807) is 25.1 Å². The maximum Gasteiger partial charge on any atom is 0.348 e. The lowest BCUT2D eigenvalue weighted by Gasteiger charge is -2.02. The Morgan fingerprint density at radius 3 is 2.74 bits per heavy atom. The molecular weight excluding hydrogens is 286 g/mol. The van der Waals surface area contributed by atoms with Gasteiger partial charge in [-0.05, 0) is 25.1 Å². The molecule has 2 aromatic rings. The summed E-state index contributed by atoms with van der Waals surface area (Å²) in [5.74, 6) is -0.529. The SMILES string of the molecule is CCOC(=O)c1cc2c(Cl)cc(NC(C)=O)cc2s1. The Morgan fingerprint density at radius 1 is 1.37 bits per heavy atom. The standard InChI is InChI=1S/C13H12ClNO3S/c1-3-18-13(17)12-6-9-10(14)4-8(15-7(2)16)5-11(9)19-12/h4-6H,3H2,1-2H3,(H,15,16). The van der Waals surface area contributed by atoms with E-state index in [0.717, 1.165) is 10.1 Å². The predicted molar refractivity (Wildman–Crippen MR) is 77.1 cm³/mol. The molecule has 100 valence electrons. The van der Waals surface area contributed by atoms with E-state index in [4.69, 9.17) is 16.3 Å². The topological polar surface area (TPSA) is 55.4 Å². The largest absolute Gasteiger partial charge is 0.462 e. The van der Waals surface area contributed by atoms with Crippen molar-refractivity contribution >= 4 is 50.6 Å². The number of benzene rings is 1. The van der Waals surface area contributed by atoms with Gasteiger partial charge in [-0.2, -0.15) is 0 Å². The molecule has 0 atom stereocenters. The quantitative estimate of drug-likeness (QED) is 0.879. The molecule has 0 unspecified atom stereocenters. The third-order valence-electron chi connectivity index (χ3n) is 2.38. The van der Waals surface area contributed by atoms with Crippen molar-refractivity contribution in [3.05, 3.63) is 28.1 Å². The fourth-order valence-electron chi connectivity index (χ4n) is 1.67. The molecule has 0 saturated carbocycles. The number of hydrogen-bond acceptors (Lipinski definition) is 4. The molecule has 0 aliphatic heterocycles. The fraction of sp³-hybridized carbons (Fsp3) is 0.231.